The van der Waals surface area contributed by atoms with Gasteiger partial charge in [0.15, 0.2) is 5.78 Å². The maximum atomic E-state index is 11.8. The highest BCUT2D eigenvalue weighted by Crippen LogP contribution is 2.17. The van der Waals surface area contributed by atoms with Gasteiger partial charge in [0, 0.05) is 5.56 Å². The topological polar surface area (TPSA) is 63.6 Å². The number of benzene rings is 1. The van der Waals surface area contributed by atoms with E-state index in [-0.39, 0.29) is 19.0 Å². The molecule has 0 fully saturated rings. The first-order valence-electron chi connectivity index (χ1n) is 5.60. The van der Waals surface area contributed by atoms with Gasteiger partial charge < -0.3 is 9.84 Å². The molecule has 1 atom stereocenters. The Balaban J connectivity index is 3.11. The average Bonchev–Trinajstić information content (AvgIpc) is 2.37. The summed E-state index contributed by atoms with van der Waals surface area (Å²) in [6.45, 7) is 3.20. The van der Waals surface area contributed by atoms with E-state index in [1.54, 1.807) is 13.8 Å². The van der Waals surface area contributed by atoms with Crippen LogP contribution in [-0.4, -0.2) is 28.8 Å². The summed E-state index contributed by atoms with van der Waals surface area (Å²) in [4.78, 5) is 23.3. The molecule has 0 amide bonds. The molecule has 0 radical (unpaired) electrons. The first-order chi connectivity index (χ1) is 8.51. The van der Waals surface area contributed by atoms with E-state index in [1.807, 2.05) is 0 Å². The van der Waals surface area contributed by atoms with Crippen molar-refractivity contribution in [3.05, 3.63) is 34.9 Å². The summed E-state index contributed by atoms with van der Waals surface area (Å²) in [5.74, 6) is -0.763. The lowest BCUT2D eigenvalue weighted by Gasteiger charge is -2.10. The molecule has 0 saturated carbocycles. The maximum absolute atomic E-state index is 11.8. The molecule has 0 saturated heterocycles. The molecule has 5 heteroatoms. The Bertz CT molecular complexity index is 454. The Morgan fingerprint density at radius 1 is 1.44 bits per heavy atom. The summed E-state index contributed by atoms with van der Waals surface area (Å²) in [6.07, 6.45) is 0. The van der Waals surface area contributed by atoms with Crippen molar-refractivity contribution in [3.63, 3.8) is 0 Å². The highest BCUT2D eigenvalue weighted by molar-refractivity contribution is 6.33. The highest BCUT2D eigenvalue weighted by atomic mass is 35.5. The van der Waals surface area contributed by atoms with Crippen molar-refractivity contribution < 1.29 is 19.4 Å². The Hall–Kier alpha value is -1.39. The van der Waals surface area contributed by atoms with Crippen molar-refractivity contribution in [2.45, 2.75) is 25.8 Å². The van der Waals surface area contributed by atoms with Crippen LogP contribution in [0.2, 0.25) is 0 Å². The molecule has 0 bridgehead atoms. The van der Waals surface area contributed by atoms with Gasteiger partial charge in [0.05, 0.1) is 24.2 Å². The second kappa shape index (κ2) is 6.52. The number of aliphatic hydroxyl groups is 1. The molecule has 4 nitrogen and oxygen atoms in total. The van der Waals surface area contributed by atoms with E-state index in [2.05, 4.69) is 0 Å². The van der Waals surface area contributed by atoms with E-state index < -0.39 is 11.3 Å². The molecule has 0 aliphatic rings. The van der Waals surface area contributed by atoms with Gasteiger partial charge in [-0.05, 0) is 31.5 Å². The Labute approximate surface area is 111 Å². The first kappa shape index (κ1) is 14.7. The van der Waals surface area contributed by atoms with Crippen molar-refractivity contribution in [2.75, 3.05) is 6.61 Å². The third kappa shape index (κ3) is 3.31. The first-order valence-corrected chi connectivity index (χ1v) is 6.04. The zero-order chi connectivity index (χ0) is 13.7. The molecule has 0 aliphatic carbocycles. The van der Waals surface area contributed by atoms with Crippen LogP contribution in [0.15, 0.2) is 18.2 Å². The van der Waals surface area contributed by atoms with Gasteiger partial charge >= 0.3 is 5.97 Å². The van der Waals surface area contributed by atoms with Crippen LogP contribution in [0, 0.1) is 0 Å². The number of rotatable bonds is 5. The Kier molecular flexibility index (Phi) is 5.31. The van der Waals surface area contributed by atoms with Gasteiger partial charge in [0.1, 0.15) is 0 Å². The summed E-state index contributed by atoms with van der Waals surface area (Å²) in [5, 5.41) is 8.56. The van der Waals surface area contributed by atoms with Gasteiger partial charge in [0.25, 0.3) is 0 Å². The predicted octanol–water partition coefficient (Wildman–Crippen LogP) is 2.17. The number of hydrogen-bond donors (Lipinski definition) is 1. The minimum atomic E-state index is -0.677. The van der Waals surface area contributed by atoms with E-state index in [9.17, 15) is 14.7 Å². The number of carbonyl (C=O) groups excluding carboxylic acids is 2. The fourth-order valence-electron chi connectivity index (χ4n) is 1.52. The van der Waals surface area contributed by atoms with Crippen LogP contribution in [0.4, 0.5) is 0 Å². The van der Waals surface area contributed by atoms with Crippen molar-refractivity contribution in [1.82, 2.24) is 0 Å². The molecule has 1 rings (SSSR count). The van der Waals surface area contributed by atoms with Gasteiger partial charge in [-0.3, -0.25) is 4.79 Å². The highest BCUT2D eigenvalue weighted by Gasteiger charge is 2.18. The maximum Gasteiger partial charge on any atom is 0.338 e. The number of halogens is 1. The summed E-state index contributed by atoms with van der Waals surface area (Å²) >= 11 is 5.72. The van der Waals surface area contributed by atoms with Gasteiger partial charge in [-0.1, -0.05) is 6.07 Å². The van der Waals surface area contributed by atoms with Crippen LogP contribution in [-0.2, 0) is 11.3 Å². The quantitative estimate of drug-likeness (QED) is 0.506. The Morgan fingerprint density at radius 2 is 2.11 bits per heavy atom. The molecule has 1 aromatic rings. The third-order valence-electron chi connectivity index (χ3n) is 2.41. The third-order valence-corrected chi connectivity index (χ3v) is 2.61. The molecular weight excluding hydrogens is 256 g/mol. The molecule has 1 unspecified atom stereocenters. The zero-order valence-electron chi connectivity index (χ0n) is 10.3. The lowest BCUT2D eigenvalue weighted by atomic mass is 9.99. The van der Waals surface area contributed by atoms with Crippen molar-refractivity contribution in [1.29, 1.82) is 0 Å². The van der Waals surface area contributed by atoms with Crippen molar-refractivity contribution in [3.8, 4) is 0 Å². The predicted molar refractivity (Wildman–Crippen MR) is 68.0 cm³/mol. The fraction of sp³-hybridized carbons (Fsp3) is 0.385. The lowest BCUT2D eigenvalue weighted by Crippen LogP contribution is -2.14. The summed E-state index contributed by atoms with van der Waals surface area (Å²) in [6, 6.07) is 4.42. The molecule has 0 aromatic heterocycles. The molecule has 1 N–H and O–H groups in total. The monoisotopic (exact) mass is 270 g/mol. The van der Waals surface area contributed by atoms with E-state index in [1.165, 1.54) is 18.2 Å². The molecule has 0 heterocycles. The van der Waals surface area contributed by atoms with E-state index in [0.717, 1.165) is 0 Å². The van der Waals surface area contributed by atoms with Crippen LogP contribution in [0.3, 0.4) is 0 Å². The number of ether oxygens (including phenoxy) is 1. The lowest BCUT2D eigenvalue weighted by molar-refractivity contribution is 0.0526. The standard InChI is InChI=1S/C13H15ClO4/c1-3-18-13(17)9-4-5-11(10(6-9)7-15)12(16)8(2)14/h4-6,8,15H,3,7H2,1-2H3. The Morgan fingerprint density at radius 3 is 2.61 bits per heavy atom. The van der Waals surface area contributed by atoms with Crippen LogP contribution < -0.4 is 0 Å². The SMILES string of the molecule is CCOC(=O)c1ccc(C(=O)C(C)Cl)c(CO)c1. The smallest absolute Gasteiger partial charge is 0.338 e. The fourth-order valence-corrected chi connectivity index (χ4v) is 1.64. The molecule has 0 aliphatic heterocycles. The van der Waals surface area contributed by atoms with Gasteiger partial charge in [-0.15, -0.1) is 11.6 Å². The molecule has 0 spiro atoms. The van der Waals surface area contributed by atoms with Crippen LogP contribution in [0.25, 0.3) is 0 Å². The van der Waals surface area contributed by atoms with E-state index in [4.69, 9.17) is 16.3 Å². The minimum Gasteiger partial charge on any atom is -0.462 e. The van der Waals surface area contributed by atoms with Crippen molar-refractivity contribution in [2.24, 2.45) is 0 Å². The number of ketones is 1. The largest absolute Gasteiger partial charge is 0.462 e. The normalized spacial score (nSPS) is 12.0. The molecule has 98 valence electrons. The summed E-state index contributed by atoms with van der Waals surface area (Å²) < 4.78 is 4.84. The number of alkyl halides is 1. The van der Waals surface area contributed by atoms with Crippen molar-refractivity contribution >= 4 is 23.4 Å². The second-order valence-corrected chi connectivity index (χ2v) is 4.39. The van der Waals surface area contributed by atoms with E-state index >= 15 is 0 Å². The van der Waals surface area contributed by atoms with Crippen LogP contribution in [0.5, 0.6) is 0 Å². The summed E-state index contributed by atoms with van der Waals surface area (Å²) in [7, 11) is 0. The van der Waals surface area contributed by atoms with Crippen LogP contribution >= 0.6 is 11.6 Å². The zero-order valence-corrected chi connectivity index (χ0v) is 11.0. The number of hydrogen-bond acceptors (Lipinski definition) is 4. The van der Waals surface area contributed by atoms with Crippen LogP contribution in [0.1, 0.15) is 40.1 Å². The minimum absolute atomic E-state index is 0.271. The second-order valence-electron chi connectivity index (χ2n) is 3.73. The number of esters is 1. The van der Waals surface area contributed by atoms with Gasteiger partial charge in [-0.25, -0.2) is 4.79 Å². The van der Waals surface area contributed by atoms with Gasteiger partial charge in [0.2, 0.25) is 0 Å². The van der Waals surface area contributed by atoms with Gasteiger partial charge in [-0.2, -0.15) is 0 Å². The molecule has 1 aromatic carbocycles. The summed E-state index contributed by atoms with van der Waals surface area (Å²) in [5.41, 5.74) is 1.01. The number of aliphatic hydroxyl groups excluding tert-OH is 1. The van der Waals surface area contributed by atoms with E-state index in [0.29, 0.717) is 16.7 Å². The number of Topliss-reactive ketones (excluding diaryl/α,β-unsaturated/α-hetero) is 1. The molecular formula is C13H15ClO4. The average molecular weight is 271 g/mol. The number of carbonyl (C=O) groups is 2. The molecule has 18 heavy (non-hydrogen) atoms.